The molecule has 0 rings (SSSR count). The van der Waals surface area contributed by atoms with Gasteiger partial charge in [-0.05, 0) is 20.0 Å². The molecule has 0 bridgehead atoms. The van der Waals surface area contributed by atoms with Gasteiger partial charge in [-0.3, -0.25) is 4.57 Å². The minimum atomic E-state index is -3.81. The first-order valence-corrected chi connectivity index (χ1v) is 7.48. The molecule has 0 aliphatic rings. The first kappa shape index (κ1) is 15.1. The van der Waals surface area contributed by atoms with E-state index < -0.39 is 7.60 Å². The van der Waals surface area contributed by atoms with E-state index in [-0.39, 0.29) is 6.16 Å². The van der Waals surface area contributed by atoms with Gasteiger partial charge in [-0.15, -0.1) is 0 Å². The normalized spacial score (nSPS) is 12.3. The van der Waals surface area contributed by atoms with Crippen molar-refractivity contribution in [2.24, 2.45) is 0 Å². The summed E-state index contributed by atoms with van der Waals surface area (Å²) in [6, 6.07) is 0. The van der Waals surface area contributed by atoms with Gasteiger partial charge in [0.2, 0.25) is 0 Å². The van der Waals surface area contributed by atoms with Gasteiger partial charge in [0.05, 0.1) is 6.16 Å². The number of hydrogen-bond donors (Lipinski definition) is 2. The molecular formula is C10H24NO3P. The second-order valence-corrected chi connectivity index (χ2v) is 5.88. The van der Waals surface area contributed by atoms with Gasteiger partial charge in [0.25, 0.3) is 0 Å². The van der Waals surface area contributed by atoms with E-state index in [1.54, 1.807) is 0 Å². The zero-order valence-electron chi connectivity index (χ0n) is 9.85. The molecule has 0 aliphatic heterocycles. The van der Waals surface area contributed by atoms with Crippen molar-refractivity contribution in [2.75, 3.05) is 26.3 Å². The summed E-state index contributed by atoms with van der Waals surface area (Å²) in [6.07, 6.45) is 6.10. The summed E-state index contributed by atoms with van der Waals surface area (Å²) in [5, 5.41) is 0. The average molecular weight is 237 g/mol. The van der Waals surface area contributed by atoms with Crippen LogP contribution in [0.5, 0.6) is 0 Å². The van der Waals surface area contributed by atoms with Crippen molar-refractivity contribution in [1.82, 2.24) is 4.90 Å². The zero-order chi connectivity index (χ0) is 11.7. The summed E-state index contributed by atoms with van der Waals surface area (Å²) in [5.74, 6) is 0. The standard InChI is InChI=1S/C10H24NO3P/c1-3-4-5-6-7-8-11(2)9-10-15(12,13)14/h3-10H2,1-2H3,(H2,12,13,14). The van der Waals surface area contributed by atoms with E-state index in [2.05, 4.69) is 6.92 Å². The molecule has 4 nitrogen and oxygen atoms in total. The smallest absolute Gasteiger partial charge is 0.324 e. The molecular weight excluding hydrogens is 213 g/mol. The van der Waals surface area contributed by atoms with E-state index in [0.717, 1.165) is 13.0 Å². The number of rotatable bonds is 9. The summed E-state index contributed by atoms with van der Waals surface area (Å²) >= 11 is 0. The Bertz CT molecular complexity index is 193. The minimum Gasteiger partial charge on any atom is -0.324 e. The van der Waals surface area contributed by atoms with Crippen LogP contribution < -0.4 is 0 Å². The van der Waals surface area contributed by atoms with Crippen LogP contribution in [-0.2, 0) is 4.57 Å². The average Bonchev–Trinajstić information content (AvgIpc) is 2.13. The Balaban J connectivity index is 3.33. The number of nitrogens with zero attached hydrogens (tertiary/aromatic N) is 1. The summed E-state index contributed by atoms with van der Waals surface area (Å²) in [6.45, 7) is 3.61. The van der Waals surface area contributed by atoms with Crippen LogP contribution in [0.2, 0.25) is 0 Å². The lowest BCUT2D eigenvalue weighted by Gasteiger charge is -2.16. The lowest BCUT2D eigenvalue weighted by atomic mass is 10.1. The van der Waals surface area contributed by atoms with Crippen molar-refractivity contribution in [3.05, 3.63) is 0 Å². The molecule has 15 heavy (non-hydrogen) atoms. The maximum Gasteiger partial charge on any atom is 0.326 e. The SMILES string of the molecule is CCCCCCCN(C)CCP(=O)(O)O. The van der Waals surface area contributed by atoms with Crippen molar-refractivity contribution in [3.63, 3.8) is 0 Å². The molecule has 0 saturated carbocycles. The monoisotopic (exact) mass is 237 g/mol. The fourth-order valence-electron chi connectivity index (χ4n) is 1.40. The second kappa shape index (κ2) is 8.28. The molecule has 2 N–H and O–H groups in total. The van der Waals surface area contributed by atoms with Crippen molar-refractivity contribution in [2.45, 2.75) is 39.0 Å². The molecule has 0 amide bonds. The molecule has 0 unspecified atom stereocenters. The van der Waals surface area contributed by atoms with Crippen molar-refractivity contribution >= 4 is 7.60 Å². The molecule has 0 spiro atoms. The third kappa shape index (κ3) is 12.0. The fourth-order valence-corrected chi connectivity index (χ4v) is 2.00. The summed E-state index contributed by atoms with van der Waals surface area (Å²) in [7, 11) is -1.90. The van der Waals surface area contributed by atoms with Crippen LogP contribution in [0.25, 0.3) is 0 Å². The van der Waals surface area contributed by atoms with Gasteiger partial charge in [-0.25, -0.2) is 0 Å². The summed E-state index contributed by atoms with van der Waals surface area (Å²) < 4.78 is 10.6. The molecule has 0 fully saturated rings. The van der Waals surface area contributed by atoms with Crippen LogP contribution in [0.15, 0.2) is 0 Å². The largest absolute Gasteiger partial charge is 0.326 e. The number of hydrogen-bond acceptors (Lipinski definition) is 2. The summed E-state index contributed by atoms with van der Waals surface area (Å²) in [4.78, 5) is 19.4. The molecule has 0 aromatic rings. The van der Waals surface area contributed by atoms with Crippen LogP contribution in [0.4, 0.5) is 0 Å². The quantitative estimate of drug-likeness (QED) is 0.476. The van der Waals surface area contributed by atoms with Gasteiger partial charge < -0.3 is 14.7 Å². The van der Waals surface area contributed by atoms with Crippen LogP contribution in [0.1, 0.15) is 39.0 Å². The Kier molecular flexibility index (Phi) is 8.34. The van der Waals surface area contributed by atoms with E-state index in [1.165, 1.54) is 25.7 Å². The molecule has 0 atom stereocenters. The molecule has 0 aromatic heterocycles. The predicted molar refractivity (Wildman–Crippen MR) is 63.2 cm³/mol. The third-order valence-electron chi connectivity index (χ3n) is 2.42. The van der Waals surface area contributed by atoms with E-state index in [4.69, 9.17) is 9.79 Å². The van der Waals surface area contributed by atoms with Crippen LogP contribution in [0, 0.1) is 0 Å². The Morgan fingerprint density at radius 1 is 1.07 bits per heavy atom. The maximum absolute atomic E-state index is 10.6. The Labute approximate surface area is 92.8 Å². The van der Waals surface area contributed by atoms with Crippen molar-refractivity contribution in [1.29, 1.82) is 0 Å². The lowest BCUT2D eigenvalue weighted by Crippen LogP contribution is -2.23. The lowest BCUT2D eigenvalue weighted by molar-refractivity contribution is 0.321. The molecule has 92 valence electrons. The van der Waals surface area contributed by atoms with E-state index in [1.807, 2.05) is 11.9 Å². The summed E-state index contributed by atoms with van der Waals surface area (Å²) in [5.41, 5.74) is 0. The molecule has 0 saturated heterocycles. The van der Waals surface area contributed by atoms with Gasteiger partial charge in [0.15, 0.2) is 0 Å². The highest BCUT2D eigenvalue weighted by Crippen LogP contribution is 2.33. The highest BCUT2D eigenvalue weighted by Gasteiger charge is 2.13. The van der Waals surface area contributed by atoms with E-state index >= 15 is 0 Å². The highest BCUT2D eigenvalue weighted by molar-refractivity contribution is 7.51. The van der Waals surface area contributed by atoms with Crippen LogP contribution in [-0.4, -0.2) is 41.0 Å². The fraction of sp³-hybridized carbons (Fsp3) is 1.00. The van der Waals surface area contributed by atoms with Gasteiger partial charge in [-0.2, -0.15) is 0 Å². The maximum atomic E-state index is 10.6. The second-order valence-electron chi connectivity index (χ2n) is 4.11. The van der Waals surface area contributed by atoms with Gasteiger partial charge in [-0.1, -0.05) is 32.6 Å². The predicted octanol–water partition coefficient (Wildman–Crippen LogP) is 2.07. The molecule has 0 radical (unpaired) electrons. The molecule has 0 aromatic carbocycles. The molecule has 0 heterocycles. The van der Waals surface area contributed by atoms with Gasteiger partial charge >= 0.3 is 7.60 Å². The van der Waals surface area contributed by atoms with Crippen LogP contribution >= 0.6 is 7.60 Å². The minimum absolute atomic E-state index is 0.0293. The topological polar surface area (TPSA) is 60.8 Å². The number of unbranched alkanes of at least 4 members (excludes halogenated alkanes) is 4. The Morgan fingerprint density at radius 3 is 2.20 bits per heavy atom. The van der Waals surface area contributed by atoms with Crippen molar-refractivity contribution < 1.29 is 14.4 Å². The van der Waals surface area contributed by atoms with Crippen molar-refractivity contribution in [3.8, 4) is 0 Å². The van der Waals surface area contributed by atoms with E-state index in [0.29, 0.717) is 6.54 Å². The molecule has 5 heteroatoms. The molecule has 0 aliphatic carbocycles. The third-order valence-corrected chi connectivity index (χ3v) is 3.20. The highest BCUT2D eigenvalue weighted by atomic mass is 31.2. The first-order chi connectivity index (χ1) is 6.95. The van der Waals surface area contributed by atoms with Crippen LogP contribution in [0.3, 0.4) is 0 Å². The van der Waals surface area contributed by atoms with Gasteiger partial charge in [0, 0.05) is 6.54 Å². The Hall–Kier alpha value is 0.110. The van der Waals surface area contributed by atoms with Gasteiger partial charge in [0.1, 0.15) is 0 Å². The van der Waals surface area contributed by atoms with E-state index in [9.17, 15) is 4.57 Å². The Morgan fingerprint density at radius 2 is 1.67 bits per heavy atom. The zero-order valence-corrected chi connectivity index (χ0v) is 10.7. The first-order valence-electron chi connectivity index (χ1n) is 5.69.